The van der Waals surface area contributed by atoms with Gasteiger partial charge in [0.15, 0.2) is 0 Å². The Labute approximate surface area is 92.8 Å². The summed E-state index contributed by atoms with van der Waals surface area (Å²) < 4.78 is 0. The first kappa shape index (κ1) is 9.98. The van der Waals surface area contributed by atoms with Crippen LogP contribution in [-0.2, 0) is 0 Å². The first-order valence-corrected chi connectivity index (χ1v) is 5.39. The second-order valence-corrected chi connectivity index (χ2v) is 4.17. The van der Waals surface area contributed by atoms with Crippen molar-refractivity contribution in [3.63, 3.8) is 0 Å². The van der Waals surface area contributed by atoms with E-state index in [0.717, 1.165) is 15.5 Å². The molecule has 2 rings (SSSR count). The summed E-state index contributed by atoms with van der Waals surface area (Å²) in [5.41, 5.74) is 6.65. The summed E-state index contributed by atoms with van der Waals surface area (Å²) in [6.45, 7) is 1.93. The maximum absolute atomic E-state index is 5.71. The lowest BCUT2D eigenvalue weighted by Gasteiger charge is -2.05. The minimum absolute atomic E-state index is 0.545. The largest absolute Gasteiger partial charge is 0.383 e. The lowest BCUT2D eigenvalue weighted by molar-refractivity contribution is 1.01. The van der Waals surface area contributed by atoms with Crippen LogP contribution in [0.15, 0.2) is 46.6 Å². The van der Waals surface area contributed by atoms with E-state index in [-0.39, 0.29) is 0 Å². The molecule has 1 aromatic heterocycles. The molecule has 0 unspecified atom stereocenters. The van der Waals surface area contributed by atoms with Crippen LogP contribution >= 0.6 is 11.8 Å². The maximum Gasteiger partial charge on any atom is 0.130 e. The van der Waals surface area contributed by atoms with Gasteiger partial charge in [0.05, 0.1) is 0 Å². The van der Waals surface area contributed by atoms with Gasteiger partial charge in [-0.15, -0.1) is 0 Å². The van der Waals surface area contributed by atoms with Crippen molar-refractivity contribution in [2.75, 3.05) is 5.73 Å². The van der Waals surface area contributed by atoms with Crippen LogP contribution in [0.5, 0.6) is 0 Å². The highest BCUT2D eigenvalue weighted by Crippen LogP contribution is 2.29. The molecule has 0 spiro atoms. The van der Waals surface area contributed by atoms with Crippen LogP contribution in [-0.4, -0.2) is 9.97 Å². The van der Waals surface area contributed by atoms with E-state index in [1.54, 1.807) is 11.8 Å². The maximum atomic E-state index is 5.71. The molecule has 0 fully saturated rings. The van der Waals surface area contributed by atoms with Crippen LogP contribution in [0.4, 0.5) is 5.82 Å². The highest BCUT2D eigenvalue weighted by Gasteiger charge is 2.05. The van der Waals surface area contributed by atoms with Gasteiger partial charge in [0.25, 0.3) is 0 Å². The first-order chi connectivity index (χ1) is 7.27. The number of hydrogen-bond acceptors (Lipinski definition) is 4. The van der Waals surface area contributed by atoms with Gasteiger partial charge in [-0.05, 0) is 19.1 Å². The number of nitrogens with two attached hydrogens (primary N) is 1. The average Bonchev–Trinajstić information content (AvgIpc) is 2.26. The third-order valence-corrected chi connectivity index (χ3v) is 3.15. The smallest absolute Gasteiger partial charge is 0.130 e. The van der Waals surface area contributed by atoms with Crippen molar-refractivity contribution in [2.45, 2.75) is 16.8 Å². The molecule has 0 saturated heterocycles. The lowest BCUT2D eigenvalue weighted by Crippen LogP contribution is -1.97. The van der Waals surface area contributed by atoms with E-state index in [2.05, 4.69) is 9.97 Å². The second kappa shape index (κ2) is 4.31. The van der Waals surface area contributed by atoms with Gasteiger partial charge in [-0.2, -0.15) is 0 Å². The van der Waals surface area contributed by atoms with E-state index in [1.807, 2.05) is 37.3 Å². The minimum Gasteiger partial charge on any atom is -0.383 e. The van der Waals surface area contributed by atoms with Gasteiger partial charge in [-0.25, -0.2) is 9.97 Å². The molecule has 0 aliphatic carbocycles. The van der Waals surface area contributed by atoms with Crippen molar-refractivity contribution < 1.29 is 0 Å². The fourth-order valence-corrected chi connectivity index (χ4v) is 2.02. The van der Waals surface area contributed by atoms with Crippen molar-refractivity contribution in [1.29, 1.82) is 0 Å². The summed E-state index contributed by atoms with van der Waals surface area (Å²) in [7, 11) is 0. The van der Waals surface area contributed by atoms with Crippen LogP contribution in [0.25, 0.3) is 0 Å². The van der Waals surface area contributed by atoms with Gasteiger partial charge < -0.3 is 5.73 Å². The fourth-order valence-electron chi connectivity index (χ4n) is 1.15. The standard InChI is InChI=1S/C11H11N3S/c1-8-10(12)13-7-14-11(8)15-9-5-3-2-4-6-9/h2-7H,1H3,(H2,12,13,14). The Morgan fingerprint density at radius 2 is 1.87 bits per heavy atom. The number of nitrogens with zero attached hydrogens (tertiary/aromatic N) is 2. The van der Waals surface area contributed by atoms with Crippen molar-refractivity contribution in [1.82, 2.24) is 9.97 Å². The third-order valence-electron chi connectivity index (χ3n) is 2.03. The van der Waals surface area contributed by atoms with Gasteiger partial charge in [0, 0.05) is 10.5 Å². The van der Waals surface area contributed by atoms with E-state index < -0.39 is 0 Å². The molecule has 0 saturated carbocycles. The monoisotopic (exact) mass is 217 g/mol. The van der Waals surface area contributed by atoms with E-state index in [9.17, 15) is 0 Å². The predicted molar refractivity (Wildman–Crippen MR) is 61.7 cm³/mol. The lowest BCUT2D eigenvalue weighted by atomic mass is 10.3. The fraction of sp³-hybridized carbons (Fsp3) is 0.0909. The van der Waals surface area contributed by atoms with E-state index in [4.69, 9.17) is 5.73 Å². The number of anilines is 1. The topological polar surface area (TPSA) is 51.8 Å². The molecule has 0 bridgehead atoms. The predicted octanol–water partition coefficient (Wildman–Crippen LogP) is 2.52. The molecule has 76 valence electrons. The molecule has 2 N–H and O–H groups in total. The first-order valence-electron chi connectivity index (χ1n) is 4.57. The Hall–Kier alpha value is -1.55. The second-order valence-electron chi connectivity index (χ2n) is 3.10. The highest BCUT2D eigenvalue weighted by atomic mass is 32.2. The molecule has 3 nitrogen and oxygen atoms in total. The Bertz CT molecular complexity index is 457. The molecule has 15 heavy (non-hydrogen) atoms. The van der Waals surface area contributed by atoms with Crippen LogP contribution in [0.3, 0.4) is 0 Å². The number of nitrogen functional groups attached to an aromatic ring is 1. The van der Waals surface area contributed by atoms with Crippen molar-refractivity contribution in [3.8, 4) is 0 Å². The average molecular weight is 217 g/mol. The zero-order valence-electron chi connectivity index (χ0n) is 8.34. The van der Waals surface area contributed by atoms with Gasteiger partial charge in [0.2, 0.25) is 0 Å². The van der Waals surface area contributed by atoms with Gasteiger partial charge >= 0.3 is 0 Å². The summed E-state index contributed by atoms with van der Waals surface area (Å²) in [5.74, 6) is 0.545. The molecule has 2 aromatic rings. The van der Waals surface area contributed by atoms with Gasteiger partial charge in [-0.1, -0.05) is 30.0 Å². The highest BCUT2D eigenvalue weighted by molar-refractivity contribution is 7.99. The molecular weight excluding hydrogens is 206 g/mol. The summed E-state index contributed by atoms with van der Waals surface area (Å²) in [5, 5.41) is 0.911. The summed E-state index contributed by atoms with van der Waals surface area (Å²) in [6, 6.07) is 10.1. The summed E-state index contributed by atoms with van der Waals surface area (Å²) >= 11 is 1.60. The SMILES string of the molecule is Cc1c(N)ncnc1Sc1ccccc1. The van der Waals surface area contributed by atoms with Crippen LogP contribution in [0.1, 0.15) is 5.56 Å². The van der Waals surface area contributed by atoms with Crippen LogP contribution in [0, 0.1) is 6.92 Å². The van der Waals surface area contributed by atoms with Crippen LogP contribution < -0.4 is 5.73 Å². The normalized spacial score (nSPS) is 10.2. The Kier molecular flexibility index (Phi) is 2.87. The van der Waals surface area contributed by atoms with Crippen molar-refractivity contribution >= 4 is 17.6 Å². The minimum atomic E-state index is 0.545. The Morgan fingerprint density at radius 1 is 1.13 bits per heavy atom. The van der Waals surface area contributed by atoms with Crippen molar-refractivity contribution in [2.24, 2.45) is 0 Å². The molecular formula is C11H11N3S. The molecule has 0 aliphatic rings. The Balaban J connectivity index is 2.29. The van der Waals surface area contributed by atoms with Gasteiger partial charge in [0.1, 0.15) is 17.2 Å². The number of aromatic nitrogens is 2. The summed E-state index contributed by atoms with van der Waals surface area (Å²) in [4.78, 5) is 9.29. The molecule has 0 radical (unpaired) electrons. The molecule has 0 atom stereocenters. The number of hydrogen-bond donors (Lipinski definition) is 1. The Morgan fingerprint density at radius 3 is 2.60 bits per heavy atom. The quantitative estimate of drug-likeness (QED) is 0.785. The van der Waals surface area contributed by atoms with Crippen molar-refractivity contribution in [3.05, 3.63) is 42.2 Å². The molecule has 0 aliphatic heterocycles. The third kappa shape index (κ3) is 2.27. The molecule has 0 amide bonds. The van der Waals surface area contributed by atoms with E-state index in [1.165, 1.54) is 6.33 Å². The zero-order chi connectivity index (χ0) is 10.7. The molecule has 1 aromatic carbocycles. The zero-order valence-corrected chi connectivity index (χ0v) is 9.16. The van der Waals surface area contributed by atoms with Crippen LogP contribution in [0.2, 0.25) is 0 Å². The number of rotatable bonds is 2. The number of benzene rings is 1. The molecule has 4 heteroatoms. The van der Waals surface area contributed by atoms with E-state index >= 15 is 0 Å². The summed E-state index contributed by atoms with van der Waals surface area (Å²) in [6.07, 6.45) is 1.49. The van der Waals surface area contributed by atoms with Gasteiger partial charge in [-0.3, -0.25) is 0 Å². The van der Waals surface area contributed by atoms with E-state index in [0.29, 0.717) is 5.82 Å². The molecule has 1 heterocycles.